The van der Waals surface area contributed by atoms with E-state index in [1.807, 2.05) is 0 Å². The fourth-order valence-corrected chi connectivity index (χ4v) is 6.73. The summed E-state index contributed by atoms with van der Waals surface area (Å²) in [6.07, 6.45) is 1.93. The van der Waals surface area contributed by atoms with E-state index in [9.17, 15) is 8.42 Å². The zero-order chi connectivity index (χ0) is 15.0. The summed E-state index contributed by atoms with van der Waals surface area (Å²) in [5.41, 5.74) is 0. The van der Waals surface area contributed by atoms with Gasteiger partial charge >= 0.3 is 6.01 Å². The predicted molar refractivity (Wildman–Crippen MR) is 84.8 cm³/mol. The largest absolute Gasteiger partial charge is 0.406 e. The number of aromatic nitrogens is 2. The molecule has 2 N–H and O–H groups in total. The highest BCUT2D eigenvalue weighted by Crippen LogP contribution is 2.35. The van der Waals surface area contributed by atoms with Crippen LogP contribution in [0.1, 0.15) is 24.8 Å². The van der Waals surface area contributed by atoms with Gasteiger partial charge in [0.1, 0.15) is 4.90 Å². The van der Waals surface area contributed by atoms with Crippen molar-refractivity contribution in [1.82, 2.24) is 15.5 Å². The Morgan fingerprint density at radius 2 is 2.24 bits per heavy atom. The van der Waals surface area contributed by atoms with Gasteiger partial charge in [-0.1, -0.05) is 5.10 Å². The van der Waals surface area contributed by atoms with Gasteiger partial charge in [-0.2, -0.15) is 0 Å². The Morgan fingerprint density at radius 1 is 1.43 bits per heavy atom. The van der Waals surface area contributed by atoms with Crippen molar-refractivity contribution in [3.8, 4) is 0 Å². The number of nitrogens with zero attached hydrogens (tertiary/aromatic N) is 2. The Balaban J connectivity index is 1.81. The molecule has 1 fully saturated rings. The average molecular weight is 458 g/mol. The number of sulfonamides is 1. The highest BCUT2D eigenvalue weighted by Gasteiger charge is 2.26. The molecule has 21 heavy (non-hydrogen) atoms. The van der Waals surface area contributed by atoms with Crippen molar-refractivity contribution in [1.29, 1.82) is 0 Å². The third kappa shape index (κ3) is 3.31. The number of halogens is 2. The van der Waals surface area contributed by atoms with Gasteiger partial charge in [0.25, 0.3) is 10.0 Å². The van der Waals surface area contributed by atoms with Crippen molar-refractivity contribution in [2.45, 2.75) is 23.8 Å². The Bertz CT molecular complexity index is 752. The van der Waals surface area contributed by atoms with Crippen LogP contribution in [0.5, 0.6) is 0 Å². The van der Waals surface area contributed by atoms with Crippen LogP contribution in [0.4, 0.5) is 6.01 Å². The molecular weight excluding hydrogens is 448 g/mol. The molecule has 11 heteroatoms. The first-order chi connectivity index (χ1) is 9.95. The maximum absolute atomic E-state index is 12.3. The van der Waals surface area contributed by atoms with E-state index in [0.717, 1.165) is 19.4 Å². The Labute approximate surface area is 141 Å². The standard InChI is InChI=1S/C10H10Br2N4O3S2/c11-7-4-6(8(12)20-7)21(17,18)16-10-15-14-9(19-10)5-2-1-3-13-5/h4-5,13H,1-3H2,(H,15,16). The van der Waals surface area contributed by atoms with Gasteiger partial charge in [-0.3, -0.25) is 0 Å². The maximum Gasteiger partial charge on any atom is 0.329 e. The van der Waals surface area contributed by atoms with Crippen molar-refractivity contribution in [3.05, 3.63) is 19.5 Å². The molecule has 2 aromatic rings. The zero-order valence-electron chi connectivity index (χ0n) is 10.5. The number of rotatable bonds is 4. The quantitative estimate of drug-likeness (QED) is 0.732. The normalized spacial score (nSPS) is 19.0. The van der Waals surface area contributed by atoms with Crippen LogP contribution in [0.3, 0.4) is 0 Å². The van der Waals surface area contributed by atoms with Gasteiger partial charge < -0.3 is 9.73 Å². The molecule has 0 radical (unpaired) electrons. The lowest BCUT2D eigenvalue weighted by molar-refractivity contribution is 0.439. The molecule has 0 bridgehead atoms. The van der Waals surface area contributed by atoms with Crippen LogP contribution in [-0.2, 0) is 10.0 Å². The van der Waals surface area contributed by atoms with E-state index in [2.05, 4.69) is 52.1 Å². The number of nitrogens with one attached hydrogen (secondary N) is 2. The van der Waals surface area contributed by atoms with Gasteiger partial charge in [0.05, 0.1) is 13.6 Å². The molecule has 0 amide bonds. The summed E-state index contributed by atoms with van der Waals surface area (Å²) in [6, 6.07) is 1.37. The van der Waals surface area contributed by atoms with Gasteiger partial charge in [-0.25, -0.2) is 13.1 Å². The molecule has 0 aliphatic carbocycles. The molecule has 3 heterocycles. The molecule has 0 spiro atoms. The third-order valence-electron chi connectivity index (χ3n) is 2.94. The zero-order valence-corrected chi connectivity index (χ0v) is 15.3. The highest BCUT2D eigenvalue weighted by atomic mass is 79.9. The average Bonchev–Trinajstić information content (AvgIpc) is 3.08. The van der Waals surface area contributed by atoms with E-state index in [1.54, 1.807) is 0 Å². The molecule has 1 atom stereocenters. The molecule has 1 aliphatic rings. The van der Waals surface area contributed by atoms with E-state index in [-0.39, 0.29) is 17.0 Å². The maximum atomic E-state index is 12.3. The van der Waals surface area contributed by atoms with Crippen molar-refractivity contribution in [2.75, 3.05) is 11.3 Å². The molecule has 1 saturated heterocycles. The number of hydrogen-bond donors (Lipinski definition) is 2. The third-order valence-corrected chi connectivity index (χ3v) is 7.01. The molecule has 1 unspecified atom stereocenters. The van der Waals surface area contributed by atoms with Crippen LogP contribution in [-0.4, -0.2) is 25.2 Å². The molecule has 1 aliphatic heterocycles. The van der Waals surface area contributed by atoms with E-state index >= 15 is 0 Å². The minimum atomic E-state index is -3.77. The van der Waals surface area contributed by atoms with Crippen molar-refractivity contribution in [3.63, 3.8) is 0 Å². The number of anilines is 1. The topological polar surface area (TPSA) is 97.1 Å². The van der Waals surface area contributed by atoms with E-state index in [0.29, 0.717) is 13.5 Å². The second-order valence-corrected chi connectivity index (χ2v) is 9.79. The Kier molecular flexibility index (Phi) is 4.37. The second-order valence-electron chi connectivity index (χ2n) is 4.39. The molecule has 114 valence electrons. The first-order valence-electron chi connectivity index (χ1n) is 6.00. The van der Waals surface area contributed by atoms with Crippen LogP contribution in [0.25, 0.3) is 0 Å². The van der Waals surface area contributed by atoms with Crippen LogP contribution < -0.4 is 10.0 Å². The van der Waals surface area contributed by atoms with Crippen molar-refractivity contribution >= 4 is 59.2 Å². The van der Waals surface area contributed by atoms with Crippen LogP contribution >= 0.6 is 43.2 Å². The highest BCUT2D eigenvalue weighted by molar-refractivity contribution is 9.12. The van der Waals surface area contributed by atoms with Gasteiger partial charge in [-0.05, 0) is 57.3 Å². The van der Waals surface area contributed by atoms with E-state index in [4.69, 9.17) is 4.42 Å². The summed E-state index contributed by atoms with van der Waals surface area (Å²) in [6.45, 7) is 0.893. The summed E-state index contributed by atoms with van der Waals surface area (Å²) < 4.78 is 33.4. The summed E-state index contributed by atoms with van der Waals surface area (Å²) in [5.74, 6) is 0.399. The van der Waals surface area contributed by atoms with Gasteiger partial charge in [-0.15, -0.1) is 16.4 Å². The first kappa shape index (κ1) is 15.4. The summed E-state index contributed by atoms with van der Waals surface area (Å²) in [7, 11) is -3.77. The Hall–Kier alpha value is -0.490. The number of thiophene rings is 1. The summed E-state index contributed by atoms with van der Waals surface area (Å²) in [5, 5.41) is 10.8. The Morgan fingerprint density at radius 3 is 2.86 bits per heavy atom. The number of hydrogen-bond acceptors (Lipinski definition) is 7. The molecule has 0 aromatic carbocycles. The lowest BCUT2D eigenvalue weighted by atomic mass is 10.2. The molecule has 2 aromatic heterocycles. The first-order valence-corrected chi connectivity index (χ1v) is 9.89. The minimum Gasteiger partial charge on any atom is -0.406 e. The fourth-order valence-electron chi connectivity index (χ4n) is 1.99. The van der Waals surface area contributed by atoms with Crippen molar-refractivity contribution < 1.29 is 12.8 Å². The molecule has 0 saturated carbocycles. The predicted octanol–water partition coefficient (Wildman–Crippen LogP) is 2.88. The smallest absolute Gasteiger partial charge is 0.329 e. The lowest BCUT2D eigenvalue weighted by Gasteiger charge is -2.04. The SMILES string of the molecule is O=S(=O)(Nc1nnc(C2CCCN2)o1)c1cc(Br)sc1Br. The van der Waals surface area contributed by atoms with Crippen molar-refractivity contribution in [2.24, 2.45) is 0 Å². The van der Waals surface area contributed by atoms with E-state index < -0.39 is 10.0 Å². The summed E-state index contributed by atoms with van der Waals surface area (Å²) in [4.78, 5) is 0.123. The van der Waals surface area contributed by atoms with Crippen LogP contribution in [0.15, 0.2) is 23.0 Å². The monoisotopic (exact) mass is 456 g/mol. The molecular formula is C10H10Br2N4O3S2. The fraction of sp³-hybridized carbons (Fsp3) is 0.400. The van der Waals surface area contributed by atoms with E-state index in [1.165, 1.54) is 17.4 Å². The molecule has 7 nitrogen and oxygen atoms in total. The van der Waals surface area contributed by atoms with Gasteiger partial charge in [0, 0.05) is 0 Å². The van der Waals surface area contributed by atoms with Crippen LogP contribution in [0.2, 0.25) is 0 Å². The molecule has 3 rings (SSSR count). The van der Waals surface area contributed by atoms with Crippen LogP contribution in [0, 0.1) is 0 Å². The lowest BCUT2D eigenvalue weighted by Crippen LogP contribution is -2.13. The van der Waals surface area contributed by atoms with Gasteiger partial charge in [0.2, 0.25) is 5.89 Å². The van der Waals surface area contributed by atoms with Gasteiger partial charge in [0.15, 0.2) is 0 Å². The minimum absolute atomic E-state index is 0.00205. The second kappa shape index (κ2) is 5.95. The summed E-state index contributed by atoms with van der Waals surface area (Å²) >= 11 is 7.73.